The lowest BCUT2D eigenvalue weighted by Crippen LogP contribution is -1.96. The van der Waals surface area contributed by atoms with Gasteiger partial charge in [-0.1, -0.05) is 23.7 Å². The molecular weight excluding hydrogens is 249 g/mol. The molecule has 1 unspecified atom stereocenters. The lowest BCUT2D eigenvalue weighted by Gasteiger charge is -2.02. The molecule has 0 N–H and O–H groups in total. The minimum Gasteiger partial charge on any atom is -0.249 e. The zero-order valence-corrected chi connectivity index (χ0v) is 9.63. The van der Waals surface area contributed by atoms with Crippen LogP contribution in [0.3, 0.4) is 0 Å². The normalized spacial score (nSPS) is 12.4. The topological polar surface area (TPSA) is 30.0 Å². The number of nitrogens with zero attached hydrogens (tertiary/aromatic N) is 1. The molecule has 1 aromatic heterocycles. The molecule has 0 saturated heterocycles. The second kappa shape index (κ2) is 4.72. The molecule has 1 aromatic carbocycles. The van der Waals surface area contributed by atoms with Crippen molar-refractivity contribution in [2.24, 2.45) is 0 Å². The third-order valence-electron chi connectivity index (χ3n) is 1.95. The van der Waals surface area contributed by atoms with Gasteiger partial charge in [-0.3, -0.25) is 0 Å². The fraction of sp³-hybridized carbons (Fsp3) is 0. The van der Waals surface area contributed by atoms with Gasteiger partial charge in [0.05, 0.1) is 20.6 Å². The Morgan fingerprint density at radius 2 is 1.94 bits per heavy atom. The van der Waals surface area contributed by atoms with Crippen molar-refractivity contribution in [3.05, 3.63) is 53.6 Å². The largest absolute Gasteiger partial charge is 0.249 e. The number of rotatable bonds is 2. The van der Waals surface area contributed by atoms with Crippen molar-refractivity contribution in [2.75, 3.05) is 0 Å². The first-order valence-electron chi connectivity index (χ1n) is 4.46. The van der Waals surface area contributed by atoms with Gasteiger partial charge in [0, 0.05) is 6.20 Å². The summed E-state index contributed by atoms with van der Waals surface area (Å²) in [5.74, 6) is -0.490. The Morgan fingerprint density at radius 3 is 2.56 bits per heavy atom. The zero-order chi connectivity index (χ0) is 11.5. The van der Waals surface area contributed by atoms with Gasteiger partial charge in [0.2, 0.25) is 0 Å². The number of pyridine rings is 1. The van der Waals surface area contributed by atoms with Crippen LogP contribution < -0.4 is 0 Å². The minimum absolute atomic E-state index is 0.145. The van der Waals surface area contributed by atoms with Crippen molar-refractivity contribution in [2.45, 2.75) is 9.79 Å². The predicted molar refractivity (Wildman–Crippen MR) is 60.3 cm³/mol. The molecule has 0 saturated carbocycles. The molecule has 1 atom stereocenters. The molecule has 2 rings (SSSR count). The highest BCUT2D eigenvalue weighted by Gasteiger charge is 2.11. The number of halogens is 2. The average molecular weight is 256 g/mol. The van der Waals surface area contributed by atoms with Gasteiger partial charge in [0.15, 0.2) is 0 Å². The number of aromatic nitrogens is 1. The van der Waals surface area contributed by atoms with E-state index in [0.717, 1.165) is 0 Å². The van der Waals surface area contributed by atoms with Gasteiger partial charge in [-0.2, -0.15) is 0 Å². The van der Waals surface area contributed by atoms with Crippen LogP contribution in [0.25, 0.3) is 0 Å². The summed E-state index contributed by atoms with van der Waals surface area (Å²) in [6, 6.07) is 9.04. The molecule has 0 aliphatic carbocycles. The molecule has 5 heteroatoms. The van der Waals surface area contributed by atoms with E-state index in [-0.39, 0.29) is 4.90 Å². The predicted octanol–water partition coefficient (Wildman–Crippen LogP) is 3.04. The van der Waals surface area contributed by atoms with Crippen LogP contribution in [0.1, 0.15) is 0 Å². The molecule has 1 heterocycles. The van der Waals surface area contributed by atoms with Crippen LogP contribution in [0.4, 0.5) is 4.39 Å². The van der Waals surface area contributed by atoms with Crippen molar-refractivity contribution in [1.82, 2.24) is 4.98 Å². The summed E-state index contributed by atoms with van der Waals surface area (Å²) in [4.78, 5) is 4.38. The van der Waals surface area contributed by atoms with E-state index in [4.69, 9.17) is 11.6 Å². The van der Waals surface area contributed by atoms with E-state index < -0.39 is 16.6 Å². The Balaban J connectivity index is 2.40. The van der Waals surface area contributed by atoms with Gasteiger partial charge in [-0.15, -0.1) is 0 Å². The van der Waals surface area contributed by atoms with Crippen LogP contribution in [0.15, 0.2) is 52.4 Å². The number of hydrogen-bond acceptors (Lipinski definition) is 2. The molecule has 2 aromatic rings. The molecule has 2 nitrogen and oxygen atoms in total. The molecule has 0 radical (unpaired) electrons. The first kappa shape index (κ1) is 11.2. The van der Waals surface area contributed by atoms with E-state index in [1.807, 2.05) is 0 Å². The van der Waals surface area contributed by atoms with E-state index >= 15 is 0 Å². The Kier molecular flexibility index (Phi) is 3.31. The maximum absolute atomic E-state index is 13.4. The molecule has 0 bridgehead atoms. The maximum Gasteiger partial charge on any atom is 0.139 e. The molecule has 0 amide bonds. The van der Waals surface area contributed by atoms with Crippen LogP contribution in [0.5, 0.6) is 0 Å². The van der Waals surface area contributed by atoms with Crippen molar-refractivity contribution < 1.29 is 8.60 Å². The molecule has 0 aliphatic rings. The van der Waals surface area contributed by atoms with Gasteiger partial charge in [-0.25, -0.2) is 13.6 Å². The summed E-state index contributed by atoms with van der Waals surface area (Å²) in [6.45, 7) is 0. The quantitative estimate of drug-likeness (QED) is 0.772. The molecular formula is C11H7ClFNOS. The monoisotopic (exact) mass is 255 g/mol. The Labute approximate surface area is 99.6 Å². The summed E-state index contributed by atoms with van der Waals surface area (Å²) in [6.07, 6.45) is 1.38. The van der Waals surface area contributed by atoms with Crippen molar-refractivity contribution >= 4 is 22.4 Å². The first-order chi connectivity index (χ1) is 7.68. The summed E-state index contributed by atoms with van der Waals surface area (Å²) in [7, 11) is -1.56. The van der Waals surface area contributed by atoms with E-state index in [2.05, 4.69) is 4.98 Å². The van der Waals surface area contributed by atoms with Gasteiger partial charge in [-0.05, 0) is 24.3 Å². The third-order valence-corrected chi connectivity index (χ3v) is 3.57. The van der Waals surface area contributed by atoms with Crippen molar-refractivity contribution in [3.63, 3.8) is 0 Å². The van der Waals surface area contributed by atoms with Crippen molar-refractivity contribution in [1.29, 1.82) is 0 Å². The van der Waals surface area contributed by atoms with Crippen LogP contribution in [-0.4, -0.2) is 9.19 Å². The van der Waals surface area contributed by atoms with Crippen LogP contribution in [0, 0.1) is 5.82 Å². The van der Waals surface area contributed by atoms with Crippen LogP contribution >= 0.6 is 11.6 Å². The maximum atomic E-state index is 13.4. The zero-order valence-electron chi connectivity index (χ0n) is 8.06. The second-order valence-electron chi connectivity index (χ2n) is 3.02. The molecule has 0 fully saturated rings. The third kappa shape index (κ3) is 2.28. The van der Waals surface area contributed by atoms with Gasteiger partial charge < -0.3 is 0 Å². The number of benzene rings is 1. The minimum atomic E-state index is -1.56. The van der Waals surface area contributed by atoms with E-state index in [1.54, 1.807) is 18.2 Å². The molecule has 0 spiro atoms. The fourth-order valence-corrected chi connectivity index (χ4v) is 2.35. The lowest BCUT2D eigenvalue weighted by atomic mass is 10.3. The van der Waals surface area contributed by atoms with Gasteiger partial charge in [0.1, 0.15) is 11.0 Å². The highest BCUT2D eigenvalue weighted by Crippen LogP contribution is 2.19. The summed E-state index contributed by atoms with van der Waals surface area (Å²) >= 11 is 5.61. The SMILES string of the molecule is O=S(c1ccc(Cl)nc1)c1ccccc1F. The van der Waals surface area contributed by atoms with Crippen LogP contribution in [-0.2, 0) is 10.8 Å². The smallest absolute Gasteiger partial charge is 0.139 e. The Hall–Kier alpha value is -1.26. The first-order valence-corrected chi connectivity index (χ1v) is 5.99. The number of hydrogen-bond donors (Lipinski definition) is 0. The van der Waals surface area contributed by atoms with E-state index in [1.165, 1.54) is 24.4 Å². The van der Waals surface area contributed by atoms with Gasteiger partial charge in [0.25, 0.3) is 0 Å². The molecule has 82 valence electrons. The molecule has 0 aliphatic heterocycles. The summed E-state index contributed by atoms with van der Waals surface area (Å²) in [5.41, 5.74) is 0. The highest BCUT2D eigenvalue weighted by molar-refractivity contribution is 7.85. The second-order valence-corrected chi connectivity index (χ2v) is 4.85. The summed E-state index contributed by atoms with van der Waals surface area (Å²) in [5, 5.41) is 0.314. The Morgan fingerprint density at radius 1 is 1.19 bits per heavy atom. The highest BCUT2D eigenvalue weighted by atomic mass is 35.5. The Bertz CT molecular complexity index is 530. The summed E-state index contributed by atoms with van der Waals surface area (Å²) < 4.78 is 25.3. The fourth-order valence-electron chi connectivity index (χ4n) is 1.19. The van der Waals surface area contributed by atoms with Crippen LogP contribution in [0.2, 0.25) is 5.15 Å². The van der Waals surface area contributed by atoms with E-state index in [0.29, 0.717) is 10.0 Å². The average Bonchev–Trinajstić information content (AvgIpc) is 2.30. The van der Waals surface area contributed by atoms with Crippen molar-refractivity contribution in [3.8, 4) is 0 Å². The van der Waals surface area contributed by atoms with Gasteiger partial charge >= 0.3 is 0 Å². The van der Waals surface area contributed by atoms with E-state index in [9.17, 15) is 8.60 Å². The lowest BCUT2D eigenvalue weighted by molar-refractivity contribution is 0.595. The molecule has 16 heavy (non-hydrogen) atoms. The standard InChI is InChI=1S/C11H7ClFNOS/c12-11-6-5-8(7-14-11)16(15)10-4-2-1-3-9(10)13/h1-7H.